The zero-order chi connectivity index (χ0) is 21.1. The average Bonchev–Trinajstić information content (AvgIpc) is 2.94. The third kappa shape index (κ3) is 4.33. The molecule has 0 bridgehead atoms. The van der Waals surface area contributed by atoms with Crippen molar-refractivity contribution >= 4 is 33.4 Å². The van der Waals surface area contributed by atoms with E-state index in [1.807, 2.05) is 19.0 Å². The van der Waals surface area contributed by atoms with Crippen LogP contribution in [0.25, 0.3) is 5.76 Å². The Morgan fingerprint density at radius 1 is 1.28 bits per heavy atom. The molecule has 0 spiro atoms. The molecule has 8 heteroatoms. The fourth-order valence-electron chi connectivity index (χ4n) is 3.40. The topological polar surface area (TPSA) is 94.0 Å². The molecule has 0 radical (unpaired) electrons. The number of carbonyl (C=O) groups excluding carboxylic acids is 2. The minimum atomic E-state index is -0.777. The van der Waals surface area contributed by atoms with Crippen molar-refractivity contribution in [3.63, 3.8) is 0 Å². The van der Waals surface area contributed by atoms with E-state index in [0.29, 0.717) is 23.0 Å². The number of aliphatic hydroxyl groups is 1. The van der Waals surface area contributed by atoms with Gasteiger partial charge in [0.15, 0.2) is 0 Å². The molecule has 1 unspecified atom stereocenters. The van der Waals surface area contributed by atoms with E-state index < -0.39 is 23.5 Å². The van der Waals surface area contributed by atoms with E-state index in [-0.39, 0.29) is 16.9 Å². The van der Waals surface area contributed by atoms with E-state index in [2.05, 4.69) is 20.9 Å². The van der Waals surface area contributed by atoms with Gasteiger partial charge in [-0.15, -0.1) is 0 Å². The van der Waals surface area contributed by atoms with E-state index in [4.69, 9.17) is 0 Å². The van der Waals surface area contributed by atoms with Gasteiger partial charge in [-0.1, -0.05) is 22.0 Å². The number of Topliss-reactive ketones (excluding diaryl/α,β-unsaturated/α-hetero) is 1. The van der Waals surface area contributed by atoms with Crippen molar-refractivity contribution in [1.29, 1.82) is 0 Å². The smallest absolute Gasteiger partial charge is 0.295 e. The van der Waals surface area contributed by atoms with Crippen LogP contribution in [0.4, 0.5) is 0 Å². The fraction of sp³-hybridized carbons (Fsp3) is 0.286. The Bertz CT molecular complexity index is 960. The first kappa shape index (κ1) is 21.0. The van der Waals surface area contributed by atoms with Crippen LogP contribution in [0.2, 0.25) is 0 Å². The lowest BCUT2D eigenvalue weighted by Gasteiger charge is -2.25. The highest BCUT2D eigenvalue weighted by atomic mass is 79.9. The molecule has 1 saturated heterocycles. The number of carbonyl (C=O) groups is 2. The van der Waals surface area contributed by atoms with Gasteiger partial charge in [0.1, 0.15) is 11.5 Å². The van der Waals surface area contributed by atoms with Gasteiger partial charge in [-0.25, -0.2) is 0 Å². The molecular formula is C21H22BrN3O4. The van der Waals surface area contributed by atoms with Crippen LogP contribution in [0.1, 0.15) is 23.6 Å². The molecule has 1 aliphatic heterocycles. The van der Waals surface area contributed by atoms with Crippen molar-refractivity contribution in [3.05, 3.63) is 63.9 Å². The molecular weight excluding hydrogens is 438 g/mol. The molecule has 1 amide bonds. The Labute approximate surface area is 177 Å². The SMILES string of the molecule is CN(C)CCCN1C(=O)C(=O)/C(=C(\O)c2cc(Br)ccc2O)C1c1cccnc1. The summed E-state index contributed by atoms with van der Waals surface area (Å²) in [4.78, 5) is 33.2. The highest BCUT2D eigenvalue weighted by molar-refractivity contribution is 9.10. The van der Waals surface area contributed by atoms with Gasteiger partial charge in [0.25, 0.3) is 11.7 Å². The number of aliphatic hydroxyl groups excluding tert-OH is 1. The predicted molar refractivity (Wildman–Crippen MR) is 112 cm³/mol. The van der Waals surface area contributed by atoms with Crippen LogP contribution in [0, 0.1) is 0 Å². The van der Waals surface area contributed by atoms with E-state index >= 15 is 0 Å². The van der Waals surface area contributed by atoms with Gasteiger partial charge in [-0.05, 0) is 56.9 Å². The summed E-state index contributed by atoms with van der Waals surface area (Å²) in [6, 6.07) is 7.23. The van der Waals surface area contributed by atoms with Gasteiger partial charge in [0, 0.05) is 23.4 Å². The van der Waals surface area contributed by atoms with Crippen LogP contribution < -0.4 is 0 Å². The van der Waals surface area contributed by atoms with Crippen LogP contribution in [0.5, 0.6) is 5.75 Å². The number of phenolic OH excluding ortho intramolecular Hbond substituents is 1. The Morgan fingerprint density at radius 2 is 2.03 bits per heavy atom. The molecule has 1 aromatic heterocycles. The van der Waals surface area contributed by atoms with Crippen molar-refractivity contribution < 1.29 is 19.8 Å². The molecule has 0 aliphatic carbocycles. The fourth-order valence-corrected chi connectivity index (χ4v) is 3.76. The molecule has 3 rings (SSSR count). The number of aromatic hydroxyl groups is 1. The minimum Gasteiger partial charge on any atom is -0.507 e. The Balaban J connectivity index is 2.12. The van der Waals surface area contributed by atoms with Crippen LogP contribution >= 0.6 is 15.9 Å². The maximum absolute atomic E-state index is 12.9. The number of hydrogen-bond acceptors (Lipinski definition) is 6. The summed E-state index contributed by atoms with van der Waals surface area (Å²) in [5, 5.41) is 21.1. The first-order valence-corrected chi connectivity index (χ1v) is 9.92. The molecule has 1 fully saturated rings. The largest absolute Gasteiger partial charge is 0.507 e. The van der Waals surface area contributed by atoms with E-state index in [1.54, 1.807) is 30.6 Å². The van der Waals surface area contributed by atoms with Crippen molar-refractivity contribution in [2.45, 2.75) is 12.5 Å². The maximum atomic E-state index is 12.9. The van der Waals surface area contributed by atoms with Gasteiger partial charge < -0.3 is 20.0 Å². The van der Waals surface area contributed by atoms with Crippen molar-refractivity contribution in [1.82, 2.24) is 14.8 Å². The quantitative estimate of drug-likeness (QED) is 0.391. The van der Waals surface area contributed by atoms with Crippen LogP contribution in [-0.4, -0.2) is 63.9 Å². The minimum absolute atomic E-state index is 0.0544. The lowest BCUT2D eigenvalue weighted by molar-refractivity contribution is -0.139. The third-order valence-corrected chi connectivity index (χ3v) is 5.25. The second-order valence-corrected chi connectivity index (χ2v) is 8.01. The second kappa shape index (κ2) is 8.75. The molecule has 2 aromatic rings. The monoisotopic (exact) mass is 459 g/mol. The Morgan fingerprint density at radius 3 is 2.69 bits per heavy atom. The van der Waals surface area contributed by atoms with Crippen LogP contribution in [-0.2, 0) is 9.59 Å². The summed E-state index contributed by atoms with van der Waals surface area (Å²) in [6.45, 7) is 1.10. The number of likely N-dealkylation sites (tertiary alicyclic amines) is 1. The second-order valence-electron chi connectivity index (χ2n) is 7.10. The molecule has 0 saturated carbocycles. The summed E-state index contributed by atoms with van der Waals surface area (Å²) < 4.78 is 0.620. The summed E-state index contributed by atoms with van der Waals surface area (Å²) in [7, 11) is 3.87. The molecule has 152 valence electrons. The summed E-state index contributed by atoms with van der Waals surface area (Å²) in [5.41, 5.74) is 0.647. The zero-order valence-electron chi connectivity index (χ0n) is 16.2. The van der Waals surface area contributed by atoms with Crippen molar-refractivity contribution in [2.75, 3.05) is 27.2 Å². The highest BCUT2D eigenvalue weighted by Crippen LogP contribution is 2.41. The van der Waals surface area contributed by atoms with Crippen LogP contribution in [0.3, 0.4) is 0 Å². The number of phenols is 1. The first-order chi connectivity index (χ1) is 13.8. The zero-order valence-corrected chi connectivity index (χ0v) is 17.8. The van der Waals surface area contributed by atoms with E-state index in [0.717, 1.165) is 6.54 Å². The standard InChI is InChI=1S/C21H22BrN3O4/c1-24(2)9-4-10-25-18(13-5-3-8-23-12-13)17(20(28)21(25)29)19(27)15-11-14(22)6-7-16(15)26/h3,5-8,11-12,18,26-27H,4,9-10H2,1-2H3/b19-17-. The Kier molecular flexibility index (Phi) is 6.34. The number of aromatic nitrogens is 1. The molecule has 2 N–H and O–H groups in total. The van der Waals surface area contributed by atoms with Gasteiger partial charge in [0.2, 0.25) is 0 Å². The molecule has 1 aliphatic rings. The molecule has 7 nitrogen and oxygen atoms in total. The third-order valence-electron chi connectivity index (χ3n) is 4.76. The molecule has 1 atom stereocenters. The number of halogens is 1. The molecule has 1 aromatic carbocycles. The predicted octanol–water partition coefficient (Wildman–Crippen LogP) is 2.92. The normalized spacial score (nSPS) is 18.6. The lowest BCUT2D eigenvalue weighted by Crippen LogP contribution is -2.32. The maximum Gasteiger partial charge on any atom is 0.295 e. The number of rotatable bonds is 6. The molecule has 29 heavy (non-hydrogen) atoms. The summed E-state index contributed by atoms with van der Waals surface area (Å²) in [5.74, 6) is -2.05. The summed E-state index contributed by atoms with van der Waals surface area (Å²) >= 11 is 3.30. The lowest BCUT2D eigenvalue weighted by atomic mass is 9.96. The van der Waals surface area contributed by atoms with E-state index in [9.17, 15) is 19.8 Å². The van der Waals surface area contributed by atoms with Gasteiger partial charge in [0.05, 0.1) is 17.2 Å². The number of amides is 1. The summed E-state index contributed by atoms with van der Waals surface area (Å²) in [6.07, 6.45) is 3.84. The van der Waals surface area contributed by atoms with Crippen molar-refractivity contribution in [3.8, 4) is 5.75 Å². The Hall–Kier alpha value is -2.71. The average molecular weight is 460 g/mol. The van der Waals surface area contributed by atoms with Crippen LogP contribution in [0.15, 0.2) is 52.8 Å². The number of hydrogen-bond donors (Lipinski definition) is 2. The highest BCUT2D eigenvalue weighted by Gasteiger charge is 2.46. The number of nitrogens with zero attached hydrogens (tertiary/aromatic N) is 3. The van der Waals surface area contributed by atoms with Gasteiger partial charge in [-0.2, -0.15) is 0 Å². The number of pyridine rings is 1. The van der Waals surface area contributed by atoms with E-state index in [1.165, 1.54) is 17.0 Å². The van der Waals surface area contributed by atoms with Gasteiger partial charge in [-0.3, -0.25) is 14.6 Å². The molecule has 2 heterocycles. The van der Waals surface area contributed by atoms with Gasteiger partial charge >= 0.3 is 0 Å². The first-order valence-electron chi connectivity index (χ1n) is 9.13. The number of benzene rings is 1. The van der Waals surface area contributed by atoms with Crippen molar-refractivity contribution in [2.24, 2.45) is 0 Å². The number of ketones is 1.